The van der Waals surface area contributed by atoms with Gasteiger partial charge in [-0.1, -0.05) is 24.3 Å². The van der Waals surface area contributed by atoms with Crippen molar-refractivity contribution in [3.8, 4) is 0 Å². The first kappa shape index (κ1) is 26.5. The fourth-order valence-electron chi connectivity index (χ4n) is 4.16. The topological polar surface area (TPSA) is 78.7 Å². The fourth-order valence-corrected chi connectivity index (χ4v) is 4.16. The number of rotatable bonds is 8. The number of nitrogens with zero attached hydrogens (tertiary/aromatic N) is 3. The molecule has 190 valence electrons. The van der Waals surface area contributed by atoms with Gasteiger partial charge in [0, 0.05) is 44.2 Å². The third-order valence-corrected chi connectivity index (χ3v) is 6.58. The molecule has 2 aromatic carbocycles. The molecule has 1 heterocycles. The zero-order valence-electron chi connectivity index (χ0n) is 20.1. The molecule has 0 radical (unpaired) electrons. The van der Waals surface area contributed by atoms with Gasteiger partial charge in [0.1, 0.15) is 5.69 Å². The summed E-state index contributed by atoms with van der Waals surface area (Å²) in [5.41, 5.74) is 0.706. The molecule has 0 saturated carbocycles. The van der Waals surface area contributed by atoms with E-state index in [0.717, 1.165) is 29.8 Å². The largest absolute Gasteiger partial charge is 0.416 e. The van der Waals surface area contributed by atoms with Gasteiger partial charge in [-0.3, -0.25) is 19.8 Å². The standard InChI is InChI=1S/C25H31F3N4O3/c1-17(2)30(3)16-20-7-5-4-6-19(20)15-29-24(33)18-10-12-31(13-11-18)22-9-8-21(25(26,27)28)14-23(22)32(34)35/h4-9,14,17-18H,10-13,15-16H2,1-3H3,(H,29,33). The number of nitro benzene ring substituents is 1. The molecule has 1 aliphatic heterocycles. The molecule has 2 aromatic rings. The number of alkyl halides is 3. The Morgan fingerprint density at radius 3 is 2.37 bits per heavy atom. The van der Waals surface area contributed by atoms with Crippen molar-refractivity contribution in [3.63, 3.8) is 0 Å². The molecule has 35 heavy (non-hydrogen) atoms. The molecular formula is C25H31F3N4O3. The van der Waals surface area contributed by atoms with E-state index >= 15 is 0 Å². The summed E-state index contributed by atoms with van der Waals surface area (Å²) >= 11 is 0. The first-order valence-corrected chi connectivity index (χ1v) is 11.6. The van der Waals surface area contributed by atoms with Crippen LogP contribution in [0.15, 0.2) is 42.5 Å². The second kappa shape index (κ2) is 11.1. The summed E-state index contributed by atoms with van der Waals surface area (Å²) in [6.45, 7) is 6.12. The van der Waals surface area contributed by atoms with Gasteiger partial charge < -0.3 is 10.2 Å². The van der Waals surface area contributed by atoms with Crippen LogP contribution in [0.3, 0.4) is 0 Å². The number of nitro groups is 1. The van der Waals surface area contributed by atoms with E-state index in [2.05, 4.69) is 37.2 Å². The van der Waals surface area contributed by atoms with Crippen molar-refractivity contribution >= 4 is 17.3 Å². The molecule has 0 unspecified atom stereocenters. The van der Waals surface area contributed by atoms with E-state index in [9.17, 15) is 28.1 Å². The third-order valence-electron chi connectivity index (χ3n) is 6.58. The number of carbonyl (C=O) groups excluding carboxylic acids is 1. The Balaban J connectivity index is 1.60. The van der Waals surface area contributed by atoms with Crippen LogP contribution in [-0.2, 0) is 24.1 Å². The molecule has 0 spiro atoms. The van der Waals surface area contributed by atoms with Crippen LogP contribution in [0, 0.1) is 16.0 Å². The zero-order chi connectivity index (χ0) is 25.8. The number of hydrogen-bond acceptors (Lipinski definition) is 5. The van der Waals surface area contributed by atoms with Gasteiger partial charge in [0.05, 0.1) is 10.5 Å². The van der Waals surface area contributed by atoms with Gasteiger partial charge in [-0.2, -0.15) is 13.2 Å². The second-order valence-corrected chi connectivity index (χ2v) is 9.22. The average Bonchev–Trinajstić information content (AvgIpc) is 2.82. The molecular weight excluding hydrogens is 461 g/mol. The maximum atomic E-state index is 13.0. The number of piperidine rings is 1. The van der Waals surface area contributed by atoms with Crippen molar-refractivity contribution < 1.29 is 22.9 Å². The summed E-state index contributed by atoms with van der Waals surface area (Å²) in [5.74, 6) is -0.344. The van der Waals surface area contributed by atoms with Crippen LogP contribution >= 0.6 is 0 Å². The summed E-state index contributed by atoms with van der Waals surface area (Å²) in [6, 6.07) is 10.9. The Labute approximate surface area is 203 Å². The highest BCUT2D eigenvalue weighted by Gasteiger charge is 2.35. The molecule has 1 fully saturated rings. The predicted molar refractivity (Wildman–Crippen MR) is 128 cm³/mol. The van der Waals surface area contributed by atoms with Gasteiger partial charge in [-0.25, -0.2) is 0 Å². The van der Waals surface area contributed by atoms with Gasteiger partial charge in [0.25, 0.3) is 5.69 Å². The second-order valence-electron chi connectivity index (χ2n) is 9.22. The van der Waals surface area contributed by atoms with E-state index in [4.69, 9.17) is 0 Å². The van der Waals surface area contributed by atoms with Gasteiger partial charge in [-0.05, 0) is 57.0 Å². The van der Waals surface area contributed by atoms with E-state index in [1.54, 1.807) is 4.90 Å². The Morgan fingerprint density at radius 2 is 1.80 bits per heavy atom. The first-order valence-electron chi connectivity index (χ1n) is 11.6. The molecule has 0 bridgehead atoms. The van der Waals surface area contributed by atoms with Crippen molar-refractivity contribution in [3.05, 3.63) is 69.3 Å². The molecule has 1 amide bonds. The van der Waals surface area contributed by atoms with Crippen LogP contribution in [-0.4, -0.2) is 41.9 Å². The van der Waals surface area contributed by atoms with Crippen LogP contribution in [0.4, 0.5) is 24.5 Å². The molecule has 0 aromatic heterocycles. The summed E-state index contributed by atoms with van der Waals surface area (Å²) in [7, 11) is 2.05. The Hall–Kier alpha value is -3.14. The molecule has 0 atom stereocenters. The molecule has 7 nitrogen and oxygen atoms in total. The van der Waals surface area contributed by atoms with E-state index < -0.39 is 22.4 Å². The van der Waals surface area contributed by atoms with Gasteiger partial charge in [0.2, 0.25) is 5.91 Å². The Morgan fingerprint density at radius 1 is 1.17 bits per heavy atom. The fraction of sp³-hybridized carbons (Fsp3) is 0.480. The summed E-state index contributed by atoms with van der Waals surface area (Å²) < 4.78 is 38.9. The van der Waals surface area contributed by atoms with Crippen molar-refractivity contribution in [1.82, 2.24) is 10.2 Å². The van der Waals surface area contributed by atoms with E-state index in [-0.39, 0.29) is 17.5 Å². The number of hydrogen-bond donors (Lipinski definition) is 1. The van der Waals surface area contributed by atoms with Crippen LogP contribution in [0.25, 0.3) is 0 Å². The molecule has 0 aliphatic carbocycles. The van der Waals surface area contributed by atoms with Crippen molar-refractivity contribution in [2.24, 2.45) is 5.92 Å². The average molecular weight is 493 g/mol. The van der Waals surface area contributed by atoms with Crippen LogP contribution < -0.4 is 10.2 Å². The van der Waals surface area contributed by atoms with E-state index in [1.165, 1.54) is 0 Å². The molecule has 3 rings (SSSR count). The molecule has 1 aliphatic rings. The van der Waals surface area contributed by atoms with Crippen molar-refractivity contribution in [2.75, 3.05) is 25.0 Å². The number of amides is 1. The minimum Gasteiger partial charge on any atom is -0.366 e. The lowest BCUT2D eigenvalue weighted by Gasteiger charge is -2.32. The summed E-state index contributed by atoms with van der Waals surface area (Å²) in [5, 5.41) is 14.4. The van der Waals surface area contributed by atoms with Crippen LogP contribution in [0.1, 0.15) is 43.4 Å². The third kappa shape index (κ3) is 6.72. The van der Waals surface area contributed by atoms with Crippen molar-refractivity contribution in [2.45, 2.75) is 52.0 Å². The van der Waals surface area contributed by atoms with Crippen LogP contribution in [0.5, 0.6) is 0 Å². The van der Waals surface area contributed by atoms with Crippen LogP contribution in [0.2, 0.25) is 0 Å². The first-order chi connectivity index (χ1) is 16.5. The predicted octanol–water partition coefficient (Wildman–Crippen LogP) is 4.99. The number of anilines is 1. The number of benzene rings is 2. The molecule has 10 heteroatoms. The SMILES string of the molecule is CC(C)N(C)Cc1ccccc1CNC(=O)C1CCN(c2ccc(C(F)(F)F)cc2[N+](=O)[O-])CC1. The summed E-state index contributed by atoms with van der Waals surface area (Å²) in [4.78, 5) is 27.3. The van der Waals surface area contributed by atoms with Gasteiger partial charge >= 0.3 is 6.18 Å². The molecule has 1 saturated heterocycles. The quantitative estimate of drug-likeness (QED) is 0.415. The van der Waals surface area contributed by atoms with Crippen molar-refractivity contribution in [1.29, 1.82) is 0 Å². The number of nitrogens with one attached hydrogen (secondary N) is 1. The maximum Gasteiger partial charge on any atom is 0.416 e. The number of carbonyl (C=O) groups is 1. The lowest BCUT2D eigenvalue weighted by atomic mass is 9.95. The van der Waals surface area contributed by atoms with Gasteiger partial charge in [0.15, 0.2) is 0 Å². The highest BCUT2D eigenvalue weighted by atomic mass is 19.4. The zero-order valence-corrected chi connectivity index (χ0v) is 20.1. The van der Waals surface area contributed by atoms with E-state index in [1.807, 2.05) is 18.2 Å². The Kier molecular flexibility index (Phi) is 8.37. The monoisotopic (exact) mass is 492 g/mol. The smallest absolute Gasteiger partial charge is 0.366 e. The number of halogens is 3. The maximum absolute atomic E-state index is 13.0. The minimum atomic E-state index is -4.66. The minimum absolute atomic E-state index is 0.0846. The lowest BCUT2D eigenvalue weighted by molar-refractivity contribution is -0.384. The normalized spacial score (nSPS) is 15.0. The summed E-state index contributed by atoms with van der Waals surface area (Å²) in [6.07, 6.45) is -3.74. The highest BCUT2D eigenvalue weighted by molar-refractivity contribution is 5.79. The Bertz CT molecular complexity index is 1050. The molecule has 1 N–H and O–H groups in total. The highest BCUT2D eigenvalue weighted by Crippen LogP contribution is 2.37. The van der Waals surface area contributed by atoms with Gasteiger partial charge in [-0.15, -0.1) is 0 Å². The lowest BCUT2D eigenvalue weighted by Crippen LogP contribution is -2.40. The van der Waals surface area contributed by atoms with E-state index in [0.29, 0.717) is 44.6 Å².